The largest absolute Gasteiger partial charge is 0.365 e. The average Bonchev–Trinajstić information content (AvgIpc) is 2.44. The van der Waals surface area contributed by atoms with Crippen LogP contribution < -0.4 is 10.2 Å². The minimum absolute atomic E-state index is 0.170. The predicted molar refractivity (Wildman–Crippen MR) is 79.4 cm³/mol. The van der Waals surface area contributed by atoms with Gasteiger partial charge in [-0.05, 0) is 58.2 Å². The van der Waals surface area contributed by atoms with E-state index in [2.05, 4.69) is 63.0 Å². The highest BCUT2D eigenvalue weighted by Crippen LogP contribution is 2.30. The number of nitrogens with zero attached hydrogens (tertiary/aromatic N) is 1. The van der Waals surface area contributed by atoms with Gasteiger partial charge in [0, 0.05) is 30.4 Å². The first-order valence-corrected chi connectivity index (χ1v) is 6.99. The Bertz CT molecular complexity index is 423. The van der Waals surface area contributed by atoms with Crippen LogP contribution in [0.1, 0.15) is 38.3 Å². The molecule has 1 aromatic rings. The van der Waals surface area contributed by atoms with Gasteiger partial charge in [0.2, 0.25) is 0 Å². The van der Waals surface area contributed by atoms with E-state index in [1.807, 2.05) is 0 Å². The van der Waals surface area contributed by atoms with Gasteiger partial charge in [0.05, 0.1) is 0 Å². The Morgan fingerprint density at radius 1 is 1.28 bits per heavy atom. The molecule has 0 spiro atoms. The van der Waals surface area contributed by atoms with Gasteiger partial charge in [-0.25, -0.2) is 0 Å². The molecule has 0 aliphatic carbocycles. The fourth-order valence-electron chi connectivity index (χ4n) is 2.72. The molecule has 0 amide bonds. The summed E-state index contributed by atoms with van der Waals surface area (Å²) in [6.45, 7) is 13.6. The molecule has 2 rings (SSSR count). The summed E-state index contributed by atoms with van der Waals surface area (Å²) in [6, 6.07) is 7.25. The maximum Gasteiger partial charge on any atom is 0.0470 e. The molecule has 1 aliphatic rings. The molecule has 1 unspecified atom stereocenters. The fourth-order valence-corrected chi connectivity index (χ4v) is 2.72. The second-order valence-electron chi connectivity index (χ2n) is 6.25. The van der Waals surface area contributed by atoms with Crippen LogP contribution in [-0.2, 0) is 0 Å². The second-order valence-corrected chi connectivity index (χ2v) is 6.25. The smallest absolute Gasteiger partial charge is 0.0470 e. The highest BCUT2D eigenvalue weighted by molar-refractivity contribution is 5.57. The van der Waals surface area contributed by atoms with Crippen molar-refractivity contribution in [1.82, 2.24) is 5.32 Å². The Morgan fingerprint density at radius 2 is 2.00 bits per heavy atom. The van der Waals surface area contributed by atoms with Gasteiger partial charge in [0.1, 0.15) is 0 Å². The topological polar surface area (TPSA) is 15.3 Å². The van der Waals surface area contributed by atoms with Crippen LogP contribution in [0.3, 0.4) is 0 Å². The first-order chi connectivity index (χ1) is 8.42. The number of aryl methyl sites for hydroxylation is 1. The van der Waals surface area contributed by atoms with Gasteiger partial charge >= 0.3 is 0 Å². The highest BCUT2D eigenvalue weighted by atomic mass is 15.2. The van der Waals surface area contributed by atoms with Crippen LogP contribution in [0.5, 0.6) is 0 Å². The van der Waals surface area contributed by atoms with Gasteiger partial charge in [-0.15, -0.1) is 0 Å². The van der Waals surface area contributed by atoms with Gasteiger partial charge in [-0.3, -0.25) is 0 Å². The Balaban J connectivity index is 2.37. The summed E-state index contributed by atoms with van der Waals surface area (Å²) in [5.41, 5.74) is 4.37. The van der Waals surface area contributed by atoms with Crippen LogP contribution in [0.15, 0.2) is 18.2 Å². The molecule has 100 valence electrons. The van der Waals surface area contributed by atoms with E-state index in [-0.39, 0.29) is 5.54 Å². The molecule has 1 N–H and O–H groups in total. The van der Waals surface area contributed by atoms with Crippen molar-refractivity contribution >= 4 is 5.69 Å². The quantitative estimate of drug-likeness (QED) is 0.818. The summed E-state index contributed by atoms with van der Waals surface area (Å²) in [6.07, 6.45) is 1.21. The number of benzene rings is 1. The predicted octanol–water partition coefficient (Wildman–Crippen LogP) is 3.27. The molecule has 2 heteroatoms. The lowest BCUT2D eigenvalue weighted by Gasteiger charge is -2.40. The molecule has 18 heavy (non-hydrogen) atoms. The molecule has 2 nitrogen and oxygen atoms in total. The summed E-state index contributed by atoms with van der Waals surface area (Å²) in [4.78, 5) is 2.58. The van der Waals surface area contributed by atoms with E-state index >= 15 is 0 Å². The first kappa shape index (κ1) is 13.4. The number of rotatable bonds is 1. The SMILES string of the molecule is Cc1cccc(N2CCC(C)NCC2(C)C)c1C. The minimum Gasteiger partial charge on any atom is -0.365 e. The van der Waals surface area contributed by atoms with Gasteiger partial charge in [-0.2, -0.15) is 0 Å². The third kappa shape index (κ3) is 2.54. The molecule has 1 aliphatic heterocycles. The molecule has 0 radical (unpaired) electrons. The summed E-state index contributed by atoms with van der Waals surface area (Å²) in [7, 11) is 0. The zero-order chi connectivity index (χ0) is 13.3. The molecule has 0 aromatic heterocycles. The zero-order valence-electron chi connectivity index (χ0n) is 12.4. The second kappa shape index (κ2) is 4.93. The third-order valence-corrected chi connectivity index (χ3v) is 4.27. The van der Waals surface area contributed by atoms with E-state index in [0.717, 1.165) is 13.1 Å². The molecule has 1 heterocycles. The van der Waals surface area contributed by atoms with E-state index in [1.165, 1.54) is 23.2 Å². The summed E-state index contributed by atoms with van der Waals surface area (Å²) < 4.78 is 0. The Kier molecular flexibility index (Phi) is 3.67. The van der Waals surface area contributed by atoms with Gasteiger partial charge in [0.25, 0.3) is 0 Å². The van der Waals surface area contributed by atoms with Crippen LogP contribution in [-0.4, -0.2) is 24.7 Å². The van der Waals surface area contributed by atoms with Crippen LogP contribution in [0.4, 0.5) is 5.69 Å². The molecule has 1 aromatic carbocycles. The molecule has 0 saturated carbocycles. The standard InChI is InChI=1S/C16H26N2/c1-12-7-6-8-15(14(12)3)18-10-9-13(2)17-11-16(18,4)5/h6-8,13,17H,9-11H2,1-5H3. The Labute approximate surface area is 111 Å². The summed E-state index contributed by atoms with van der Waals surface area (Å²) >= 11 is 0. The van der Waals surface area contributed by atoms with E-state index in [1.54, 1.807) is 0 Å². The molecular weight excluding hydrogens is 220 g/mol. The van der Waals surface area contributed by atoms with Crippen LogP contribution in [0, 0.1) is 13.8 Å². The lowest BCUT2D eigenvalue weighted by molar-refractivity contribution is 0.447. The first-order valence-electron chi connectivity index (χ1n) is 6.99. The summed E-state index contributed by atoms with van der Waals surface area (Å²) in [5.74, 6) is 0. The number of anilines is 1. The van der Waals surface area contributed by atoms with Crippen molar-refractivity contribution in [2.24, 2.45) is 0 Å². The van der Waals surface area contributed by atoms with Crippen molar-refractivity contribution < 1.29 is 0 Å². The molecular formula is C16H26N2. The lowest BCUT2D eigenvalue weighted by atomic mass is 9.99. The molecule has 1 atom stereocenters. The Hall–Kier alpha value is -1.02. The number of nitrogens with one attached hydrogen (secondary N) is 1. The van der Waals surface area contributed by atoms with Crippen LogP contribution in [0.2, 0.25) is 0 Å². The Morgan fingerprint density at radius 3 is 2.72 bits per heavy atom. The maximum absolute atomic E-state index is 3.63. The van der Waals surface area contributed by atoms with Crippen LogP contribution >= 0.6 is 0 Å². The fraction of sp³-hybridized carbons (Fsp3) is 0.625. The normalized spacial score (nSPS) is 23.8. The van der Waals surface area contributed by atoms with E-state index in [0.29, 0.717) is 6.04 Å². The zero-order valence-corrected chi connectivity index (χ0v) is 12.4. The number of hydrogen-bond acceptors (Lipinski definition) is 2. The minimum atomic E-state index is 0.170. The number of hydrogen-bond donors (Lipinski definition) is 1. The monoisotopic (exact) mass is 246 g/mol. The van der Waals surface area contributed by atoms with E-state index in [9.17, 15) is 0 Å². The average molecular weight is 246 g/mol. The molecule has 1 fully saturated rings. The van der Waals surface area contributed by atoms with Crippen molar-refractivity contribution in [1.29, 1.82) is 0 Å². The van der Waals surface area contributed by atoms with Crippen molar-refractivity contribution in [2.75, 3.05) is 18.0 Å². The molecule has 0 bridgehead atoms. The van der Waals surface area contributed by atoms with Gasteiger partial charge in [0.15, 0.2) is 0 Å². The van der Waals surface area contributed by atoms with E-state index < -0.39 is 0 Å². The van der Waals surface area contributed by atoms with Gasteiger partial charge < -0.3 is 10.2 Å². The molecule has 1 saturated heterocycles. The van der Waals surface area contributed by atoms with Crippen LogP contribution in [0.25, 0.3) is 0 Å². The lowest BCUT2D eigenvalue weighted by Crippen LogP contribution is -2.49. The van der Waals surface area contributed by atoms with Gasteiger partial charge in [-0.1, -0.05) is 12.1 Å². The van der Waals surface area contributed by atoms with E-state index in [4.69, 9.17) is 0 Å². The third-order valence-electron chi connectivity index (χ3n) is 4.27. The van der Waals surface area contributed by atoms with Crippen molar-refractivity contribution in [2.45, 2.75) is 52.6 Å². The van der Waals surface area contributed by atoms with Crippen molar-refractivity contribution in [3.05, 3.63) is 29.3 Å². The van der Waals surface area contributed by atoms with Crippen molar-refractivity contribution in [3.8, 4) is 0 Å². The van der Waals surface area contributed by atoms with Crippen molar-refractivity contribution in [3.63, 3.8) is 0 Å². The highest BCUT2D eigenvalue weighted by Gasteiger charge is 2.30. The maximum atomic E-state index is 3.63. The summed E-state index contributed by atoms with van der Waals surface area (Å²) in [5, 5.41) is 3.63.